The lowest BCUT2D eigenvalue weighted by Gasteiger charge is -2.33. The van der Waals surface area contributed by atoms with Gasteiger partial charge in [0.2, 0.25) is 11.9 Å². The Balaban J connectivity index is 1.55. The highest BCUT2D eigenvalue weighted by Gasteiger charge is 2.29. The predicted octanol–water partition coefficient (Wildman–Crippen LogP) is 4.90. The van der Waals surface area contributed by atoms with Crippen molar-refractivity contribution in [2.45, 2.75) is 31.7 Å². The monoisotopic (exact) mass is 658 g/mol. The van der Waals surface area contributed by atoms with E-state index in [9.17, 15) is 9.59 Å². The van der Waals surface area contributed by atoms with Crippen LogP contribution in [0.2, 0.25) is 10.0 Å². The Morgan fingerprint density at radius 2 is 1.76 bits per heavy atom. The number of hydrogen-bond acceptors (Lipinski definition) is 9. The Labute approximate surface area is 273 Å². The average molecular weight is 660 g/mol. The van der Waals surface area contributed by atoms with Gasteiger partial charge in [-0.05, 0) is 51.8 Å². The summed E-state index contributed by atoms with van der Waals surface area (Å²) in [7, 11) is 6.89. The maximum absolute atomic E-state index is 14.5. The number of amides is 1. The molecule has 0 saturated carbocycles. The summed E-state index contributed by atoms with van der Waals surface area (Å²) >= 11 is 13.6. The maximum atomic E-state index is 14.5. The fourth-order valence-corrected chi connectivity index (χ4v) is 6.55. The number of carbonyl (C=O) groups is 1. The number of fused-ring (bicyclic) bond motifs is 1. The van der Waals surface area contributed by atoms with Crippen molar-refractivity contribution in [1.82, 2.24) is 24.3 Å². The Morgan fingerprint density at radius 1 is 1.09 bits per heavy atom. The summed E-state index contributed by atoms with van der Waals surface area (Å²) in [6.07, 6.45) is 8.28. The van der Waals surface area contributed by atoms with E-state index >= 15 is 0 Å². The van der Waals surface area contributed by atoms with E-state index in [1.807, 2.05) is 30.0 Å². The predicted molar refractivity (Wildman–Crippen MR) is 177 cm³/mol. The smallest absolute Gasteiger partial charge is 0.260 e. The van der Waals surface area contributed by atoms with Crippen LogP contribution in [0.4, 0.5) is 5.95 Å². The molecule has 0 radical (unpaired) electrons. The Kier molecular flexibility index (Phi) is 10.9. The zero-order chi connectivity index (χ0) is 32.1. The molecule has 0 spiro atoms. The molecule has 1 aromatic carbocycles. The second kappa shape index (κ2) is 14.8. The van der Waals surface area contributed by atoms with Crippen LogP contribution in [0.25, 0.3) is 22.2 Å². The number of anilines is 1. The quantitative estimate of drug-likeness (QED) is 0.304. The molecule has 0 bridgehead atoms. The standard InChI is InChI=1S/C32H40Cl2N6O5/c1-38(2)11-5-6-26(41)39-12-7-22(8-13-39)40-30-21(19-36-32(37-30)35-18-20-9-14-45-15-10-20)16-23(31(40)42)27-28(33)24(43-3)17-25(44-4)29(27)34/h5-6,16-17,19-20,22H,7-15,18H2,1-4H3,(H,35,36,37)/b6-5+. The molecule has 2 saturated heterocycles. The number of piperidine rings is 1. The number of nitrogens with zero attached hydrogens (tertiary/aromatic N) is 5. The van der Waals surface area contributed by atoms with Crippen molar-refractivity contribution < 1.29 is 19.0 Å². The third kappa shape index (κ3) is 7.38. The first-order chi connectivity index (χ1) is 21.7. The molecule has 3 aromatic rings. The van der Waals surface area contributed by atoms with Crippen LogP contribution in [-0.2, 0) is 9.53 Å². The van der Waals surface area contributed by atoms with Crippen LogP contribution in [0.5, 0.6) is 11.5 Å². The normalized spacial score (nSPS) is 16.6. The van der Waals surface area contributed by atoms with E-state index in [0.717, 1.165) is 26.1 Å². The number of pyridine rings is 1. The minimum atomic E-state index is -0.300. The van der Waals surface area contributed by atoms with Gasteiger partial charge in [0.15, 0.2) is 0 Å². The van der Waals surface area contributed by atoms with Crippen LogP contribution in [0.3, 0.4) is 0 Å². The van der Waals surface area contributed by atoms with Crippen LogP contribution in [0.1, 0.15) is 31.7 Å². The fourth-order valence-electron chi connectivity index (χ4n) is 5.85. The minimum Gasteiger partial charge on any atom is -0.495 e. The van der Waals surface area contributed by atoms with Crippen molar-refractivity contribution >= 4 is 46.1 Å². The molecule has 0 unspecified atom stereocenters. The summed E-state index contributed by atoms with van der Waals surface area (Å²) in [5.74, 6) is 1.54. The Bertz CT molecular complexity index is 1590. The van der Waals surface area contributed by atoms with E-state index in [2.05, 4.69) is 10.3 Å². The highest BCUT2D eigenvalue weighted by Crippen LogP contribution is 2.45. The van der Waals surface area contributed by atoms with Crippen molar-refractivity contribution in [2.75, 3.05) is 73.0 Å². The number of likely N-dealkylation sites (tertiary alicyclic amines) is 1. The first-order valence-corrected chi connectivity index (χ1v) is 15.9. The van der Waals surface area contributed by atoms with E-state index in [0.29, 0.717) is 79.0 Å². The Morgan fingerprint density at radius 3 is 2.38 bits per heavy atom. The van der Waals surface area contributed by atoms with Crippen LogP contribution in [0, 0.1) is 5.92 Å². The number of carbonyl (C=O) groups excluding carboxylic acids is 1. The summed E-state index contributed by atoms with van der Waals surface area (Å²) < 4.78 is 18.2. The van der Waals surface area contributed by atoms with E-state index in [-0.39, 0.29) is 33.1 Å². The number of hydrogen-bond donors (Lipinski definition) is 1. The zero-order valence-corrected chi connectivity index (χ0v) is 27.7. The molecule has 2 aliphatic heterocycles. The number of methoxy groups -OCH3 is 2. The third-order valence-electron chi connectivity index (χ3n) is 8.38. The summed E-state index contributed by atoms with van der Waals surface area (Å²) in [6.45, 7) is 3.90. The summed E-state index contributed by atoms with van der Waals surface area (Å²) in [5.41, 5.74) is 0.805. The van der Waals surface area contributed by atoms with Gasteiger partial charge >= 0.3 is 0 Å². The number of aromatic nitrogens is 3. The van der Waals surface area contributed by atoms with Gasteiger partial charge in [-0.3, -0.25) is 14.2 Å². The van der Waals surface area contributed by atoms with Crippen molar-refractivity contribution in [3.63, 3.8) is 0 Å². The molecular formula is C32H40Cl2N6O5. The van der Waals surface area contributed by atoms with Gasteiger partial charge < -0.3 is 29.3 Å². The lowest BCUT2D eigenvalue weighted by atomic mass is 10.0. The van der Waals surface area contributed by atoms with E-state index in [1.165, 1.54) is 14.2 Å². The zero-order valence-electron chi connectivity index (χ0n) is 26.1. The molecule has 1 N–H and O–H groups in total. The minimum absolute atomic E-state index is 0.0368. The van der Waals surface area contributed by atoms with Crippen molar-refractivity contribution in [3.05, 3.63) is 50.9 Å². The van der Waals surface area contributed by atoms with Crippen molar-refractivity contribution in [3.8, 4) is 22.6 Å². The first kappa shape index (κ1) is 33.0. The molecule has 0 atom stereocenters. The summed E-state index contributed by atoms with van der Waals surface area (Å²) in [4.78, 5) is 40.6. The molecule has 4 heterocycles. The topological polar surface area (TPSA) is 111 Å². The first-order valence-electron chi connectivity index (χ1n) is 15.2. The van der Waals surface area contributed by atoms with Crippen LogP contribution in [0.15, 0.2) is 35.3 Å². The second-order valence-electron chi connectivity index (χ2n) is 11.6. The van der Waals surface area contributed by atoms with Gasteiger partial charge in [0.25, 0.3) is 5.56 Å². The van der Waals surface area contributed by atoms with Crippen LogP contribution in [-0.4, -0.2) is 97.9 Å². The summed E-state index contributed by atoms with van der Waals surface area (Å²) in [5, 5.41) is 4.42. The number of halogens is 2. The maximum Gasteiger partial charge on any atom is 0.260 e. The molecule has 242 valence electrons. The molecule has 2 aromatic heterocycles. The molecule has 45 heavy (non-hydrogen) atoms. The lowest BCUT2D eigenvalue weighted by molar-refractivity contribution is -0.127. The van der Waals surface area contributed by atoms with Gasteiger partial charge in [0.05, 0.1) is 29.8 Å². The SMILES string of the molecule is COc1cc(OC)c(Cl)c(-c2cc3cnc(NCC4CCOCC4)nc3n(C3CCN(C(=O)/C=C/CN(C)C)CC3)c2=O)c1Cl. The van der Waals surface area contributed by atoms with Crippen LogP contribution < -0.4 is 20.3 Å². The molecule has 5 rings (SSSR count). The Hall–Kier alpha value is -3.38. The van der Waals surface area contributed by atoms with Crippen LogP contribution >= 0.6 is 23.2 Å². The fraction of sp³-hybridized carbons (Fsp3) is 0.500. The van der Waals surface area contributed by atoms with Gasteiger partial charge in [-0.15, -0.1) is 0 Å². The van der Waals surface area contributed by atoms with E-state index < -0.39 is 0 Å². The lowest BCUT2D eigenvalue weighted by Crippen LogP contribution is -2.40. The third-order valence-corrected chi connectivity index (χ3v) is 9.13. The second-order valence-corrected chi connectivity index (χ2v) is 12.4. The summed E-state index contributed by atoms with van der Waals surface area (Å²) in [6, 6.07) is 3.09. The van der Waals surface area contributed by atoms with Crippen molar-refractivity contribution in [2.24, 2.45) is 5.92 Å². The molecule has 2 aliphatic rings. The number of likely N-dealkylation sites (N-methyl/N-ethyl adjacent to an activating group) is 1. The van der Waals surface area contributed by atoms with Crippen molar-refractivity contribution in [1.29, 1.82) is 0 Å². The van der Waals surface area contributed by atoms with Gasteiger partial charge in [-0.1, -0.05) is 29.3 Å². The number of nitrogens with one attached hydrogen (secondary N) is 1. The molecule has 11 nitrogen and oxygen atoms in total. The molecule has 2 fully saturated rings. The van der Waals surface area contributed by atoms with Gasteiger partial charge in [-0.25, -0.2) is 4.98 Å². The van der Waals surface area contributed by atoms with Gasteiger partial charge in [0.1, 0.15) is 17.1 Å². The van der Waals surface area contributed by atoms with E-state index in [1.54, 1.807) is 29.0 Å². The highest BCUT2D eigenvalue weighted by molar-refractivity contribution is 6.41. The number of ether oxygens (including phenoxy) is 3. The van der Waals surface area contributed by atoms with Gasteiger partial charge in [-0.2, -0.15) is 4.98 Å². The molecular weight excluding hydrogens is 619 g/mol. The largest absolute Gasteiger partial charge is 0.495 e. The molecule has 1 amide bonds. The van der Waals surface area contributed by atoms with Gasteiger partial charge in [0, 0.05) is 74.7 Å². The molecule has 0 aliphatic carbocycles. The van der Waals surface area contributed by atoms with E-state index in [4.69, 9.17) is 42.4 Å². The number of benzene rings is 1. The highest BCUT2D eigenvalue weighted by atomic mass is 35.5. The number of rotatable bonds is 10. The molecule has 13 heteroatoms. The average Bonchev–Trinajstić information content (AvgIpc) is 3.04.